The molecule has 0 fully saturated rings. The molecule has 3 heteroatoms. The molecule has 2 N–H and O–H groups in total. The van der Waals surface area contributed by atoms with E-state index >= 15 is 0 Å². The molecule has 70 valence electrons. The minimum absolute atomic E-state index is 0.204. The van der Waals surface area contributed by atoms with Crippen molar-refractivity contribution in [2.24, 2.45) is 5.73 Å². The zero-order valence-electron chi connectivity index (χ0n) is 7.19. The largest absolute Gasteiger partial charge is 0.324 e. The van der Waals surface area contributed by atoms with Crippen LogP contribution in [0.2, 0.25) is 0 Å². The number of nitrogens with two attached hydrogens (primary N) is 1. The van der Waals surface area contributed by atoms with Crippen molar-refractivity contribution in [3.63, 3.8) is 0 Å². The Morgan fingerprint density at radius 2 is 1.92 bits per heavy atom. The number of hydrogen-bond donors (Lipinski definition) is 1. The Morgan fingerprint density at radius 3 is 2.62 bits per heavy atom. The first-order chi connectivity index (χ1) is 6.20. The fourth-order valence-electron chi connectivity index (χ4n) is 1.91. The molecule has 13 heavy (non-hydrogen) atoms. The second-order valence-electron chi connectivity index (χ2n) is 3.42. The molecule has 0 amide bonds. The maximum absolute atomic E-state index is 6.07. The number of hydrogen-bond acceptors (Lipinski definition) is 1. The quantitative estimate of drug-likeness (QED) is 0.779. The summed E-state index contributed by atoms with van der Waals surface area (Å²) in [4.78, 5) is 0. The molecule has 1 atom stereocenters. The Morgan fingerprint density at radius 1 is 1.23 bits per heavy atom. The maximum atomic E-state index is 6.07. The topological polar surface area (TPSA) is 26.0 Å². The lowest BCUT2D eigenvalue weighted by atomic mass is 9.88. The van der Waals surface area contributed by atoms with Crippen LogP contribution in [0.3, 0.4) is 0 Å². The Balaban J connectivity index is 2.60. The lowest BCUT2D eigenvalue weighted by Gasteiger charge is -2.24. The van der Waals surface area contributed by atoms with E-state index in [1.54, 1.807) is 0 Å². The molecule has 0 bridgehead atoms. The molecule has 1 nitrogen and oxygen atoms in total. The van der Waals surface area contributed by atoms with Crippen LogP contribution in [-0.4, -0.2) is 0 Å². The van der Waals surface area contributed by atoms with Crippen LogP contribution in [0.1, 0.15) is 30.0 Å². The number of fused-ring (bicyclic) bond motifs is 1. The summed E-state index contributed by atoms with van der Waals surface area (Å²) in [6.45, 7) is 0. The van der Waals surface area contributed by atoms with Crippen molar-refractivity contribution in [1.29, 1.82) is 0 Å². The number of rotatable bonds is 0. The van der Waals surface area contributed by atoms with Gasteiger partial charge in [0.15, 0.2) is 0 Å². The predicted molar refractivity (Wildman–Crippen MR) is 61.7 cm³/mol. The molecular formula is C10H11Br2N. The Bertz CT molecular complexity index is 336. The molecule has 1 aliphatic carbocycles. The van der Waals surface area contributed by atoms with E-state index in [1.165, 1.54) is 22.0 Å². The first-order valence-corrected chi connectivity index (χ1v) is 6.01. The fraction of sp³-hybridized carbons (Fsp3) is 0.400. The van der Waals surface area contributed by atoms with Gasteiger partial charge in [0.1, 0.15) is 0 Å². The molecule has 0 saturated heterocycles. The van der Waals surface area contributed by atoms with Crippen molar-refractivity contribution in [2.75, 3.05) is 0 Å². The monoisotopic (exact) mass is 303 g/mol. The third kappa shape index (κ3) is 1.69. The summed E-state index contributed by atoms with van der Waals surface area (Å²) in [6, 6.07) is 4.35. The Kier molecular flexibility index (Phi) is 2.77. The highest BCUT2D eigenvalue weighted by molar-refractivity contribution is 9.11. The number of halogens is 2. The summed E-state index contributed by atoms with van der Waals surface area (Å²) < 4.78 is 2.35. The van der Waals surface area contributed by atoms with E-state index < -0.39 is 0 Å². The van der Waals surface area contributed by atoms with Crippen LogP contribution in [0.5, 0.6) is 0 Å². The van der Waals surface area contributed by atoms with Crippen molar-refractivity contribution in [1.82, 2.24) is 0 Å². The van der Waals surface area contributed by atoms with Crippen LogP contribution in [0.15, 0.2) is 21.1 Å². The van der Waals surface area contributed by atoms with Gasteiger partial charge in [-0.25, -0.2) is 0 Å². The Hall–Kier alpha value is 0.140. The van der Waals surface area contributed by atoms with Gasteiger partial charge in [-0.05, 0) is 42.5 Å². The molecule has 1 aliphatic rings. The fourth-order valence-corrected chi connectivity index (χ4v) is 3.12. The average Bonchev–Trinajstić information content (AvgIpc) is 2.12. The van der Waals surface area contributed by atoms with Crippen molar-refractivity contribution in [3.05, 3.63) is 32.2 Å². The maximum Gasteiger partial charge on any atom is 0.0309 e. The SMILES string of the molecule is N[C@H]1CCCc2c(Br)ccc(Br)c21. The summed E-state index contributed by atoms with van der Waals surface area (Å²) in [5.74, 6) is 0. The smallest absolute Gasteiger partial charge is 0.0309 e. The van der Waals surface area contributed by atoms with Gasteiger partial charge in [0.05, 0.1) is 0 Å². The molecule has 1 aromatic carbocycles. The van der Waals surface area contributed by atoms with Crippen LogP contribution in [0, 0.1) is 0 Å². The molecule has 0 saturated carbocycles. The molecule has 1 aromatic rings. The van der Waals surface area contributed by atoms with Crippen molar-refractivity contribution >= 4 is 31.9 Å². The van der Waals surface area contributed by atoms with Gasteiger partial charge >= 0.3 is 0 Å². The van der Waals surface area contributed by atoms with Gasteiger partial charge in [-0.3, -0.25) is 0 Å². The summed E-state index contributed by atoms with van der Waals surface area (Å²) in [6.07, 6.45) is 3.44. The molecule has 0 spiro atoms. The second-order valence-corrected chi connectivity index (χ2v) is 5.13. The summed E-state index contributed by atoms with van der Waals surface area (Å²) in [5, 5.41) is 0. The van der Waals surface area contributed by atoms with E-state index in [2.05, 4.69) is 44.0 Å². The van der Waals surface area contributed by atoms with Crippen LogP contribution in [0.4, 0.5) is 0 Å². The number of benzene rings is 1. The molecule has 0 aliphatic heterocycles. The van der Waals surface area contributed by atoms with Crippen LogP contribution in [0.25, 0.3) is 0 Å². The van der Waals surface area contributed by atoms with E-state index in [0.29, 0.717) is 0 Å². The molecule has 0 radical (unpaired) electrons. The normalized spacial score (nSPS) is 21.3. The lowest BCUT2D eigenvalue weighted by molar-refractivity contribution is 0.566. The van der Waals surface area contributed by atoms with Crippen molar-refractivity contribution in [3.8, 4) is 0 Å². The predicted octanol–water partition coefficient (Wildman–Crippen LogP) is 3.55. The van der Waals surface area contributed by atoms with Crippen molar-refractivity contribution < 1.29 is 0 Å². The average molecular weight is 305 g/mol. The zero-order chi connectivity index (χ0) is 9.42. The molecule has 0 unspecified atom stereocenters. The van der Waals surface area contributed by atoms with Gasteiger partial charge in [-0.1, -0.05) is 31.9 Å². The van der Waals surface area contributed by atoms with E-state index in [4.69, 9.17) is 5.73 Å². The van der Waals surface area contributed by atoms with Gasteiger partial charge in [0.25, 0.3) is 0 Å². The molecule has 0 heterocycles. The van der Waals surface area contributed by atoms with E-state index in [1.807, 2.05) is 0 Å². The summed E-state index contributed by atoms with van der Waals surface area (Å²) in [7, 11) is 0. The third-order valence-electron chi connectivity index (χ3n) is 2.56. The summed E-state index contributed by atoms with van der Waals surface area (Å²) in [5.41, 5.74) is 8.74. The van der Waals surface area contributed by atoms with E-state index in [0.717, 1.165) is 17.3 Å². The van der Waals surface area contributed by atoms with Gasteiger partial charge in [-0.2, -0.15) is 0 Å². The van der Waals surface area contributed by atoms with E-state index in [-0.39, 0.29) is 6.04 Å². The minimum Gasteiger partial charge on any atom is -0.324 e. The second kappa shape index (κ2) is 3.71. The highest BCUT2D eigenvalue weighted by atomic mass is 79.9. The van der Waals surface area contributed by atoms with Gasteiger partial charge < -0.3 is 5.73 Å². The van der Waals surface area contributed by atoms with Crippen LogP contribution < -0.4 is 5.73 Å². The highest BCUT2D eigenvalue weighted by Gasteiger charge is 2.20. The van der Waals surface area contributed by atoms with Crippen LogP contribution >= 0.6 is 31.9 Å². The molecule has 0 aromatic heterocycles. The molecular weight excluding hydrogens is 294 g/mol. The van der Waals surface area contributed by atoms with Gasteiger partial charge in [0, 0.05) is 15.0 Å². The minimum atomic E-state index is 0.204. The Labute approximate surface area is 95.0 Å². The summed E-state index contributed by atoms with van der Waals surface area (Å²) >= 11 is 7.12. The first-order valence-electron chi connectivity index (χ1n) is 4.42. The zero-order valence-corrected chi connectivity index (χ0v) is 10.4. The molecule has 2 rings (SSSR count). The first kappa shape index (κ1) is 9.69. The lowest BCUT2D eigenvalue weighted by Crippen LogP contribution is -2.18. The highest BCUT2D eigenvalue weighted by Crippen LogP contribution is 2.37. The van der Waals surface area contributed by atoms with Gasteiger partial charge in [0.2, 0.25) is 0 Å². The van der Waals surface area contributed by atoms with Gasteiger partial charge in [-0.15, -0.1) is 0 Å². The van der Waals surface area contributed by atoms with Crippen LogP contribution in [-0.2, 0) is 6.42 Å². The standard InChI is InChI=1S/C10H11Br2N/c11-7-4-5-8(12)10-6(7)2-1-3-9(10)13/h4-5,9H,1-3,13H2/t9-/m0/s1. The van der Waals surface area contributed by atoms with Crippen molar-refractivity contribution in [2.45, 2.75) is 25.3 Å². The van der Waals surface area contributed by atoms with E-state index in [9.17, 15) is 0 Å². The third-order valence-corrected chi connectivity index (χ3v) is 3.99.